The smallest absolute Gasteiger partial charge is 0.253 e. The predicted octanol–water partition coefficient (Wildman–Crippen LogP) is 2.66. The third-order valence-electron chi connectivity index (χ3n) is 8.14. The lowest BCUT2D eigenvalue weighted by Crippen LogP contribution is -3.13. The molecule has 1 spiro atoms. The van der Waals surface area contributed by atoms with Gasteiger partial charge >= 0.3 is 0 Å². The van der Waals surface area contributed by atoms with Crippen molar-refractivity contribution in [3.8, 4) is 0 Å². The van der Waals surface area contributed by atoms with E-state index in [4.69, 9.17) is 27.9 Å². The molecule has 0 aromatic heterocycles. The zero-order valence-corrected chi connectivity index (χ0v) is 24.3. The molecule has 3 aromatic rings. The maximum atomic E-state index is 13.2. The van der Waals surface area contributed by atoms with Crippen LogP contribution >= 0.6 is 23.2 Å². The first kappa shape index (κ1) is 28.9. The molecule has 1 fully saturated rings. The SMILES string of the molecule is Cc1cccc(C(=O)N(C)CC(CC[NH+]2CCC3(CC2)OCc2ccccc23)c2ccc(Cl)c(Cl)c2)c1.[Cl-]. The number of hydrogen-bond acceptors (Lipinski definition) is 2. The van der Waals surface area contributed by atoms with Crippen LogP contribution in [-0.2, 0) is 16.9 Å². The van der Waals surface area contributed by atoms with Crippen molar-refractivity contribution in [2.45, 2.75) is 44.3 Å². The van der Waals surface area contributed by atoms with Crippen LogP contribution in [0.1, 0.15) is 57.8 Å². The van der Waals surface area contributed by atoms with Gasteiger partial charge in [0.25, 0.3) is 5.91 Å². The van der Waals surface area contributed by atoms with Crippen molar-refractivity contribution in [3.05, 3.63) is 105 Å². The average molecular weight is 574 g/mol. The molecule has 4 nitrogen and oxygen atoms in total. The highest BCUT2D eigenvalue weighted by Gasteiger charge is 2.44. The maximum Gasteiger partial charge on any atom is 0.253 e. The summed E-state index contributed by atoms with van der Waals surface area (Å²) in [6.07, 6.45) is 3.05. The molecule has 2 aliphatic rings. The number of benzene rings is 3. The Labute approximate surface area is 242 Å². The van der Waals surface area contributed by atoms with E-state index in [9.17, 15) is 4.79 Å². The van der Waals surface area contributed by atoms with Gasteiger partial charge in [-0.2, -0.15) is 0 Å². The molecule has 1 N–H and O–H groups in total. The van der Waals surface area contributed by atoms with Crippen molar-refractivity contribution < 1.29 is 26.8 Å². The molecule has 0 saturated carbocycles. The lowest BCUT2D eigenvalue weighted by atomic mass is 9.83. The summed E-state index contributed by atoms with van der Waals surface area (Å²) in [7, 11) is 1.89. The number of likely N-dealkylation sites (N-methyl/N-ethyl adjacent to an activating group) is 1. The molecule has 1 unspecified atom stereocenters. The first-order valence-electron chi connectivity index (χ1n) is 13.2. The van der Waals surface area contributed by atoms with Crippen LogP contribution in [0.5, 0.6) is 0 Å². The number of fused-ring (bicyclic) bond motifs is 2. The quantitative estimate of drug-likeness (QED) is 0.472. The molecular weight excluding hydrogens is 539 g/mol. The van der Waals surface area contributed by atoms with Crippen molar-refractivity contribution in [1.82, 2.24) is 4.90 Å². The number of carbonyl (C=O) groups is 1. The molecule has 202 valence electrons. The topological polar surface area (TPSA) is 34.0 Å². The predicted molar refractivity (Wildman–Crippen MR) is 150 cm³/mol. The molecule has 0 radical (unpaired) electrons. The van der Waals surface area contributed by atoms with E-state index in [2.05, 4.69) is 24.3 Å². The summed E-state index contributed by atoms with van der Waals surface area (Å²) < 4.78 is 6.36. The fraction of sp³-hybridized carbons (Fsp3) is 0.387. The Morgan fingerprint density at radius 2 is 1.79 bits per heavy atom. The summed E-state index contributed by atoms with van der Waals surface area (Å²) >= 11 is 12.6. The summed E-state index contributed by atoms with van der Waals surface area (Å²) in [5.41, 5.74) is 5.55. The molecule has 1 saturated heterocycles. The molecule has 1 atom stereocenters. The average Bonchev–Trinajstić information content (AvgIpc) is 3.26. The number of likely N-dealkylation sites (tertiary alicyclic amines) is 1. The minimum Gasteiger partial charge on any atom is -1.00 e. The van der Waals surface area contributed by atoms with Crippen molar-refractivity contribution in [2.24, 2.45) is 0 Å². The number of aryl methyl sites for hydroxylation is 1. The van der Waals surface area contributed by atoms with Crippen LogP contribution in [0.2, 0.25) is 10.0 Å². The van der Waals surface area contributed by atoms with E-state index in [-0.39, 0.29) is 29.8 Å². The van der Waals surface area contributed by atoms with Gasteiger partial charge in [0.1, 0.15) is 5.60 Å². The van der Waals surface area contributed by atoms with Gasteiger partial charge in [0.05, 0.1) is 36.3 Å². The van der Waals surface area contributed by atoms with Crippen molar-refractivity contribution in [3.63, 3.8) is 0 Å². The summed E-state index contributed by atoms with van der Waals surface area (Å²) in [6.45, 7) is 6.57. The number of quaternary nitrogens is 1. The van der Waals surface area contributed by atoms with Gasteiger partial charge in [0.15, 0.2) is 0 Å². The normalized spacial score (nSPS) is 21.0. The molecule has 38 heavy (non-hydrogen) atoms. The van der Waals surface area contributed by atoms with Crippen LogP contribution in [-0.4, -0.2) is 44.0 Å². The minimum absolute atomic E-state index is 0. The Morgan fingerprint density at radius 3 is 2.53 bits per heavy atom. The van der Waals surface area contributed by atoms with Crippen LogP contribution in [0.4, 0.5) is 0 Å². The Bertz CT molecular complexity index is 1270. The second-order valence-corrected chi connectivity index (χ2v) is 11.5. The van der Waals surface area contributed by atoms with Gasteiger partial charge in [-0.25, -0.2) is 0 Å². The second kappa shape index (κ2) is 12.4. The zero-order chi connectivity index (χ0) is 26.0. The number of amides is 1. The molecule has 7 heteroatoms. The highest BCUT2D eigenvalue weighted by Crippen LogP contribution is 2.42. The van der Waals surface area contributed by atoms with Crippen molar-refractivity contribution >= 4 is 29.1 Å². The minimum atomic E-state index is -0.107. The molecule has 1 amide bonds. The Kier molecular flexibility index (Phi) is 9.44. The lowest BCUT2D eigenvalue weighted by Gasteiger charge is -2.37. The number of ether oxygens (including phenoxy) is 1. The van der Waals surface area contributed by atoms with E-state index in [1.807, 2.05) is 61.3 Å². The van der Waals surface area contributed by atoms with E-state index in [0.717, 1.165) is 62.2 Å². The van der Waals surface area contributed by atoms with Gasteiger partial charge in [-0.15, -0.1) is 0 Å². The van der Waals surface area contributed by atoms with Crippen LogP contribution in [0.25, 0.3) is 0 Å². The summed E-state index contributed by atoms with van der Waals surface area (Å²) in [6, 6.07) is 22.3. The van der Waals surface area contributed by atoms with Crippen LogP contribution in [0.3, 0.4) is 0 Å². The van der Waals surface area contributed by atoms with Gasteiger partial charge in [0.2, 0.25) is 0 Å². The summed E-state index contributed by atoms with van der Waals surface area (Å²) in [5.74, 6) is 0.207. The number of rotatable bonds is 7. The molecule has 2 heterocycles. The fourth-order valence-corrected chi connectivity index (χ4v) is 6.28. The Balaban J connectivity index is 0.00000336. The van der Waals surface area contributed by atoms with Crippen LogP contribution < -0.4 is 17.3 Å². The number of piperidine rings is 1. The monoisotopic (exact) mass is 572 g/mol. The van der Waals surface area contributed by atoms with E-state index in [0.29, 0.717) is 16.6 Å². The lowest BCUT2D eigenvalue weighted by molar-refractivity contribution is -0.908. The second-order valence-electron chi connectivity index (χ2n) is 10.7. The van der Waals surface area contributed by atoms with E-state index in [1.165, 1.54) is 11.1 Å². The maximum absolute atomic E-state index is 13.2. The summed E-state index contributed by atoms with van der Waals surface area (Å²) in [4.78, 5) is 16.6. The van der Waals surface area contributed by atoms with Gasteiger partial charge in [-0.05, 0) is 47.9 Å². The summed E-state index contributed by atoms with van der Waals surface area (Å²) in [5, 5.41) is 1.11. The molecule has 0 aliphatic carbocycles. The third-order valence-corrected chi connectivity index (χ3v) is 8.88. The largest absolute Gasteiger partial charge is 1.00 e. The number of nitrogens with one attached hydrogen (secondary N) is 1. The first-order valence-corrected chi connectivity index (χ1v) is 13.9. The first-order chi connectivity index (χ1) is 17.8. The highest BCUT2D eigenvalue weighted by molar-refractivity contribution is 6.42. The highest BCUT2D eigenvalue weighted by atomic mass is 35.5. The van der Waals surface area contributed by atoms with E-state index >= 15 is 0 Å². The number of carbonyl (C=O) groups excluding carboxylic acids is 1. The van der Waals surface area contributed by atoms with Crippen molar-refractivity contribution in [1.29, 1.82) is 0 Å². The number of halogens is 3. The van der Waals surface area contributed by atoms with Crippen molar-refractivity contribution in [2.75, 3.05) is 33.2 Å². The van der Waals surface area contributed by atoms with E-state index in [1.54, 1.807) is 4.90 Å². The van der Waals surface area contributed by atoms with Gasteiger partial charge in [-0.1, -0.05) is 71.2 Å². The number of hydrogen-bond donors (Lipinski definition) is 1. The van der Waals surface area contributed by atoms with Gasteiger partial charge < -0.3 is 26.9 Å². The standard InChI is InChI=1S/C31H34Cl2N2O2.ClH/c1-22-6-5-8-24(18-22)30(36)34(2)20-25(23-10-11-28(32)29(33)19-23)12-15-35-16-13-31(14-17-35)27-9-4-3-7-26(27)21-37-31;/h3-11,18-19,25H,12-17,20-21H2,1-2H3;1H. The third kappa shape index (κ3) is 6.21. The molecule has 5 rings (SSSR count). The molecular formula is C31H35Cl3N2O2. The molecule has 3 aromatic carbocycles. The Hall–Kier alpha value is -2.08. The molecule has 0 bridgehead atoms. The van der Waals surface area contributed by atoms with Gasteiger partial charge in [0, 0.05) is 44.3 Å². The fourth-order valence-electron chi connectivity index (χ4n) is 5.98. The Morgan fingerprint density at radius 1 is 1.03 bits per heavy atom. The van der Waals surface area contributed by atoms with Crippen LogP contribution in [0.15, 0.2) is 66.7 Å². The molecule has 2 aliphatic heterocycles. The number of nitrogens with zero attached hydrogens (tertiary/aromatic N) is 1. The zero-order valence-electron chi connectivity index (χ0n) is 22.0. The van der Waals surface area contributed by atoms with Gasteiger partial charge in [-0.3, -0.25) is 4.79 Å². The van der Waals surface area contributed by atoms with E-state index < -0.39 is 0 Å². The van der Waals surface area contributed by atoms with Crippen LogP contribution in [0, 0.1) is 6.92 Å².